The predicted octanol–water partition coefficient (Wildman–Crippen LogP) is 0.800. The Morgan fingerprint density at radius 3 is 2.82 bits per heavy atom. The van der Waals surface area contributed by atoms with Gasteiger partial charge in [-0.3, -0.25) is 4.99 Å². The van der Waals surface area contributed by atoms with E-state index in [9.17, 15) is 0 Å². The number of guanidine groups is 1. The highest BCUT2D eigenvalue weighted by molar-refractivity contribution is 5.82. The van der Waals surface area contributed by atoms with Gasteiger partial charge >= 0.3 is 0 Å². The second-order valence-electron chi connectivity index (χ2n) is 5.54. The summed E-state index contributed by atoms with van der Waals surface area (Å²) in [4.78, 5) is 7.05. The quantitative estimate of drug-likeness (QED) is 0.758. The van der Waals surface area contributed by atoms with Crippen LogP contribution >= 0.6 is 0 Å². The number of rotatable bonds is 4. The van der Waals surface area contributed by atoms with Gasteiger partial charge in [-0.15, -0.1) is 0 Å². The van der Waals surface area contributed by atoms with Gasteiger partial charge in [0.25, 0.3) is 0 Å². The number of nitrogens with zero attached hydrogens (tertiary/aromatic N) is 2. The van der Waals surface area contributed by atoms with E-state index in [2.05, 4.69) is 20.5 Å². The molecule has 1 saturated carbocycles. The van der Waals surface area contributed by atoms with Gasteiger partial charge in [-0.1, -0.05) is 0 Å². The molecule has 1 aliphatic carbocycles. The van der Waals surface area contributed by atoms with Crippen LogP contribution in [-0.4, -0.2) is 49.6 Å². The molecular formula is C13H24N4. The molecule has 0 aromatic heterocycles. The molecule has 4 nitrogen and oxygen atoms in total. The summed E-state index contributed by atoms with van der Waals surface area (Å²) in [6.07, 6.45) is 6.74. The minimum Gasteiger partial charge on any atom is -0.356 e. The van der Waals surface area contributed by atoms with Crippen LogP contribution in [0, 0.1) is 5.92 Å². The van der Waals surface area contributed by atoms with Crippen molar-refractivity contribution in [3.8, 4) is 0 Å². The first-order valence-electron chi connectivity index (χ1n) is 7.19. The van der Waals surface area contributed by atoms with Crippen LogP contribution in [0.15, 0.2) is 4.99 Å². The summed E-state index contributed by atoms with van der Waals surface area (Å²) in [6, 6.07) is 0.808. The summed E-state index contributed by atoms with van der Waals surface area (Å²) in [7, 11) is 0. The van der Waals surface area contributed by atoms with Crippen molar-refractivity contribution in [2.75, 3.05) is 32.7 Å². The maximum atomic E-state index is 4.58. The predicted molar refractivity (Wildman–Crippen MR) is 70.2 cm³/mol. The van der Waals surface area contributed by atoms with Gasteiger partial charge < -0.3 is 15.5 Å². The zero-order chi connectivity index (χ0) is 11.5. The van der Waals surface area contributed by atoms with Gasteiger partial charge in [-0.05, 0) is 51.1 Å². The van der Waals surface area contributed by atoms with E-state index >= 15 is 0 Å². The summed E-state index contributed by atoms with van der Waals surface area (Å²) < 4.78 is 0. The van der Waals surface area contributed by atoms with Gasteiger partial charge in [0.2, 0.25) is 0 Å². The summed E-state index contributed by atoms with van der Waals surface area (Å²) in [5, 5.41) is 6.98. The molecule has 2 fully saturated rings. The van der Waals surface area contributed by atoms with Crippen LogP contribution in [0.4, 0.5) is 0 Å². The highest BCUT2D eigenvalue weighted by Crippen LogP contribution is 2.28. The number of piperidine rings is 1. The number of aliphatic imine (C=N–C) groups is 1. The average Bonchev–Trinajstić information content (AvgIpc) is 3.11. The van der Waals surface area contributed by atoms with Crippen LogP contribution in [0.1, 0.15) is 32.1 Å². The second-order valence-corrected chi connectivity index (χ2v) is 5.54. The molecule has 4 heteroatoms. The zero-order valence-corrected chi connectivity index (χ0v) is 10.6. The molecule has 1 saturated heterocycles. The van der Waals surface area contributed by atoms with Crippen molar-refractivity contribution in [3.63, 3.8) is 0 Å². The zero-order valence-electron chi connectivity index (χ0n) is 10.6. The minimum absolute atomic E-state index is 0.808. The Morgan fingerprint density at radius 1 is 1.24 bits per heavy atom. The molecule has 0 atom stereocenters. The third-order valence-corrected chi connectivity index (χ3v) is 4.16. The standard InChI is InChI=1S/C13H24N4/c1-2-12(1)17-10-9-16-13(17)15-8-5-11-3-6-14-7-4-11/h11-12,14H,1-10H2,(H,15,16). The molecule has 0 radical (unpaired) electrons. The van der Waals surface area contributed by atoms with Gasteiger partial charge in [-0.25, -0.2) is 0 Å². The Balaban J connectivity index is 1.38. The Labute approximate surface area is 104 Å². The molecule has 3 aliphatic rings. The van der Waals surface area contributed by atoms with Crippen LogP contribution in [-0.2, 0) is 0 Å². The first-order chi connectivity index (χ1) is 8.43. The topological polar surface area (TPSA) is 39.7 Å². The van der Waals surface area contributed by atoms with Crippen molar-refractivity contribution in [1.29, 1.82) is 0 Å². The van der Waals surface area contributed by atoms with Gasteiger partial charge in [-0.2, -0.15) is 0 Å². The molecule has 0 aromatic rings. The van der Waals surface area contributed by atoms with Crippen molar-refractivity contribution in [1.82, 2.24) is 15.5 Å². The van der Waals surface area contributed by atoms with Crippen molar-refractivity contribution in [2.45, 2.75) is 38.1 Å². The molecule has 17 heavy (non-hydrogen) atoms. The first-order valence-corrected chi connectivity index (χ1v) is 7.19. The second kappa shape index (κ2) is 5.25. The van der Waals surface area contributed by atoms with Crippen molar-refractivity contribution >= 4 is 5.96 Å². The lowest BCUT2D eigenvalue weighted by Crippen LogP contribution is -2.41. The molecule has 2 N–H and O–H groups in total. The third-order valence-electron chi connectivity index (χ3n) is 4.16. The molecule has 2 aliphatic heterocycles. The SMILES string of the molecule is C1CN(C2CC2)C(NCCC2CCNCC2)=N1. The van der Waals surface area contributed by atoms with Crippen LogP contribution < -0.4 is 10.6 Å². The van der Waals surface area contributed by atoms with E-state index < -0.39 is 0 Å². The van der Waals surface area contributed by atoms with E-state index in [1.165, 1.54) is 51.2 Å². The van der Waals surface area contributed by atoms with E-state index in [4.69, 9.17) is 0 Å². The lowest BCUT2D eigenvalue weighted by Gasteiger charge is -2.24. The maximum absolute atomic E-state index is 4.58. The van der Waals surface area contributed by atoms with E-state index in [0.29, 0.717) is 0 Å². The number of hydrogen-bond donors (Lipinski definition) is 2. The smallest absolute Gasteiger partial charge is 0.194 e. The average molecular weight is 236 g/mol. The lowest BCUT2D eigenvalue weighted by molar-refractivity contribution is 0.351. The highest BCUT2D eigenvalue weighted by Gasteiger charge is 2.33. The third kappa shape index (κ3) is 2.92. The van der Waals surface area contributed by atoms with Gasteiger partial charge in [0, 0.05) is 19.1 Å². The first kappa shape index (κ1) is 11.3. The number of nitrogens with one attached hydrogen (secondary N) is 2. The molecule has 3 rings (SSSR count). The largest absolute Gasteiger partial charge is 0.356 e. The van der Waals surface area contributed by atoms with Gasteiger partial charge in [0.05, 0.1) is 6.54 Å². The molecule has 0 amide bonds. The summed E-state index contributed by atoms with van der Waals surface area (Å²) >= 11 is 0. The molecule has 96 valence electrons. The fourth-order valence-electron chi connectivity index (χ4n) is 2.92. The molecule has 0 spiro atoms. The molecule has 2 heterocycles. The van der Waals surface area contributed by atoms with Crippen molar-refractivity contribution in [3.05, 3.63) is 0 Å². The molecule has 0 bridgehead atoms. The van der Waals surface area contributed by atoms with Crippen molar-refractivity contribution < 1.29 is 0 Å². The fraction of sp³-hybridized carbons (Fsp3) is 0.923. The highest BCUT2D eigenvalue weighted by atomic mass is 15.4. The summed E-state index contributed by atoms with van der Waals surface area (Å²) in [6.45, 7) is 5.65. The maximum Gasteiger partial charge on any atom is 0.194 e. The monoisotopic (exact) mass is 236 g/mol. The van der Waals surface area contributed by atoms with Gasteiger partial charge in [0.1, 0.15) is 0 Å². The lowest BCUT2D eigenvalue weighted by atomic mass is 9.95. The van der Waals surface area contributed by atoms with Crippen molar-refractivity contribution in [2.24, 2.45) is 10.9 Å². The van der Waals surface area contributed by atoms with E-state index in [1.54, 1.807) is 0 Å². The Hall–Kier alpha value is -0.770. The summed E-state index contributed by atoms with van der Waals surface area (Å²) in [5.74, 6) is 2.10. The molecule has 0 aromatic carbocycles. The van der Waals surface area contributed by atoms with Crippen LogP contribution in [0.25, 0.3) is 0 Å². The normalized spacial score (nSPS) is 26.1. The van der Waals surface area contributed by atoms with E-state index in [-0.39, 0.29) is 0 Å². The fourth-order valence-corrected chi connectivity index (χ4v) is 2.92. The molecular weight excluding hydrogens is 212 g/mol. The van der Waals surface area contributed by atoms with Crippen LogP contribution in [0.3, 0.4) is 0 Å². The number of hydrogen-bond acceptors (Lipinski definition) is 4. The van der Waals surface area contributed by atoms with Gasteiger partial charge in [0.15, 0.2) is 5.96 Å². The Morgan fingerprint density at radius 2 is 2.06 bits per heavy atom. The summed E-state index contributed by atoms with van der Waals surface area (Å²) in [5.41, 5.74) is 0. The molecule has 0 unspecified atom stereocenters. The minimum atomic E-state index is 0.808. The van der Waals surface area contributed by atoms with Crippen LogP contribution in [0.2, 0.25) is 0 Å². The van der Waals surface area contributed by atoms with E-state index in [0.717, 1.165) is 31.6 Å². The Kier molecular flexibility index (Phi) is 3.50. The van der Waals surface area contributed by atoms with Crippen LogP contribution in [0.5, 0.6) is 0 Å². The Bertz CT molecular complexity index is 279. The van der Waals surface area contributed by atoms with E-state index in [1.807, 2.05) is 0 Å².